The van der Waals surface area contributed by atoms with Crippen LogP contribution in [-0.2, 0) is 19.1 Å². The predicted octanol–water partition coefficient (Wildman–Crippen LogP) is 1.64. The highest BCUT2D eigenvalue weighted by molar-refractivity contribution is 5.89. The van der Waals surface area contributed by atoms with Gasteiger partial charge in [0.25, 0.3) is 0 Å². The number of benzene rings is 1. The fourth-order valence-corrected chi connectivity index (χ4v) is 1.54. The van der Waals surface area contributed by atoms with Gasteiger partial charge in [0.05, 0.1) is 13.2 Å². The minimum absolute atomic E-state index is 0.0402. The number of nitrogens with one attached hydrogen (secondary N) is 2. The minimum Gasteiger partial charge on any atom is -0.464 e. The number of carbonyl (C=O) groups is 2. The Balaban J connectivity index is 2.25. The summed E-state index contributed by atoms with van der Waals surface area (Å²) >= 11 is 0. The maximum absolute atomic E-state index is 11.0. The van der Waals surface area contributed by atoms with Crippen molar-refractivity contribution in [1.82, 2.24) is 0 Å². The average molecular weight is 280 g/mol. The summed E-state index contributed by atoms with van der Waals surface area (Å²) in [6.07, 6.45) is 0. The van der Waals surface area contributed by atoms with E-state index in [1.807, 2.05) is 24.3 Å². The molecule has 0 aliphatic rings. The Hall–Kier alpha value is -2.08. The second-order valence-corrected chi connectivity index (χ2v) is 4.05. The number of ether oxygens (including phenoxy) is 2. The summed E-state index contributed by atoms with van der Waals surface area (Å²) in [5, 5.41) is 5.84. The van der Waals surface area contributed by atoms with Gasteiger partial charge in [-0.3, -0.25) is 4.79 Å². The molecule has 0 radical (unpaired) electrons. The van der Waals surface area contributed by atoms with Crippen LogP contribution in [0.25, 0.3) is 0 Å². The van der Waals surface area contributed by atoms with Gasteiger partial charge < -0.3 is 20.1 Å². The number of rotatable bonds is 8. The van der Waals surface area contributed by atoms with E-state index in [0.717, 1.165) is 11.4 Å². The first-order chi connectivity index (χ1) is 9.61. The highest BCUT2D eigenvalue weighted by Crippen LogP contribution is 2.14. The molecule has 110 valence electrons. The van der Waals surface area contributed by atoms with Crippen molar-refractivity contribution in [3.05, 3.63) is 24.3 Å². The van der Waals surface area contributed by atoms with Gasteiger partial charge in [0.15, 0.2) is 0 Å². The third-order valence-electron chi connectivity index (χ3n) is 2.28. The molecular formula is C14H20N2O4. The highest BCUT2D eigenvalue weighted by atomic mass is 16.6. The van der Waals surface area contributed by atoms with Gasteiger partial charge >= 0.3 is 5.97 Å². The Labute approximate surface area is 118 Å². The van der Waals surface area contributed by atoms with Crippen LogP contribution in [0, 0.1) is 0 Å². The second kappa shape index (κ2) is 8.92. The van der Waals surface area contributed by atoms with E-state index in [9.17, 15) is 9.59 Å². The zero-order valence-electron chi connectivity index (χ0n) is 11.8. The normalized spacial score (nSPS) is 9.90. The lowest BCUT2D eigenvalue weighted by Crippen LogP contribution is -2.16. The number of carbonyl (C=O) groups excluding carboxylic acids is 2. The first-order valence-electron chi connectivity index (χ1n) is 6.46. The van der Waals surface area contributed by atoms with Crippen LogP contribution in [0.3, 0.4) is 0 Å². The third-order valence-corrected chi connectivity index (χ3v) is 2.28. The van der Waals surface area contributed by atoms with Crippen molar-refractivity contribution in [3.63, 3.8) is 0 Å². The van der Waals surface area contributed by atoms with Crippen molar-refractivity contribution in [2.24, 2.45) is 0 Å². The van der Waals surface area contributed by atoms with Crippen LogP contribution in [0.15, 0.2) is 24.3 Å². The Bertz CT molecular complexity index is 449. The molecule has 1 amide bonds. The van der Waals surface area contributed by atoms with Crippen LogP contribution >= 0.6 is 0 Å². The molecular weight excluding hydrogens is 260 g/mol. The Kier molecular flexibility index (Phi) is 7.13. The lowest BCUT2D eigenvalue weighted by Gasteiger charge is -2.09. The van der Waals surface area contributed by atoms with Crippen molar-refractivity contribution in [2.45, 2.75) is 13.8 Å². The number of esters is 1. The van der Waals surface area contributed by atoms with Gasteiger partial charge in [-0.2, -0.15) is 0 Å². The standard InChI is InChI=1S/C14H20N2O4/c1-3-20-14(18)10-19-8-7-15-12-5-4-6-13(9-12)16-11(2)17/h4-6,9,15H,3,7-8,10H2,1-2H3,(H,16,17). The largest absolute Gasteiger partial charge is 0.464 e. The van der Waals surface area contributed by atoms with Gasteiger partial charge in [0.2, 0.25) is 5.91 Å². The van der Waals surface area contributed by atoms with Crippen LogP contribution in [0.4, 0.5) is 11.4 Å². The second-order valence-electron chi connectivity index (χ2n) is 4.05. The fourth-order valence-electron chi connectivity index (χ4n) is 1.54. The van der Waals surface area contributed by atoms with E-state index in [1.54, 1.807) is 6.92 Å². The zero-order chi connectivity index (χ0) is 14.8. The molecule has 1 rings (SSSR count). The maximum Gasteiger partial charge on any atom is 0.332 e. The molecule has 2 N–H and O–H groups in total. The van der Waals surface area contributed by atoms with Crippen molar-refractivity contribution >= 4 is 23.3 Å². The molecule has 0 aliphatic carbocycles. The van der Waals surface area contributed by atoms with E-state index in [4.69, 9.17) is 9.47 Å². The monoisotopic (exact) mass is 280 g/mol. The number of hydrogen-bond acceptors (Lipinski definition) is 5. The summed E-state index contributed by atoms with van der Waals surface area (Å²) in [4.78, 5) is 22.0. The van der Waals surface area contributed by atoms with E-state index in [1.165, 1.54) is 6.92 Å². The maximum atomic E-state index is 11.0. The highest BCUT2D eigenvalue weighted by Gasteiger charge is 2.01. The summed E-state index contributed by atoms with van der Waals surface area (Å²) < 4.78 is 9.89. The molecule has 6 heteroatoms. The van der Waals surface area contributed by atoms with Gasteiger partial charge in [0.1, 0.15) is 6.61 Å². The summed E-state index contributed by atoms with van der Waals surface area (Å²) in [6.45, 7) is 4.48. The van der Waals surface area contributed by atoms with Crippen molar-refractivity contribution in [2.75, 3.05) is 37.0 Å². The Morgan fingerprint density at radius 1 is 1.25 bits per heavy atom. The van der Waals surface area contributed by atoms with E-state index in [0.29, 0.717) is 19.8 Å². The first-order valence-corrected chi connectivity index (χ1v) is 6.46. The van der Waals surface area contributed by atoms with Gasteiger partial charge in [-0.1, -0.05) is 6.07 Å². The molecule has 0 saturated heterocycles. The fraction of sp³-hybridized carbons (Fsp3) is 0.429. The molecule has 0 spiro atoms. The molecule has 6 nitrogen and oxygen atoms in total. The van der Waals surface area contributed by atoms with Crippen molar-refractivity contribution in [3.8, 4) is 0 Å². The molecule has 0 saturated carbocycles. The van der Waals surface area contributed by atoms with Gasteiger partial charge in [0, 0.05) is 24.8 Å². The lowest BCUT2D eigenvalue weighted by atomic mass is 10.2. The Morgan fingerprint density at radius 2 is 2.00 bits per heavy atom. The number of amides is 1. The summed E-state index contributed by atoms with van der Waals surface area (Å²) in [5.74, 6) is -0.472. The molecule has 0 bridgehead atoms. The van der Waals surface area contributed by atoms with Gasteiger partial charge in [-0.15, -0.1) is 0 Å². The zero-order valence-corrected chi connectivity index (χ0v) is 11.8. The number of hydrogen-bond donors (Lipinski definition) is 2. The Morgan fingerprint density at radius 3 is 2.70 bits per heavy atom. The third kappa shape index (κ3) is 6.75. The topological polar surface area (TPSA) is 76.7 Å². The molecule has 0 heterocycles. The smallest absolute Gasteiger partial charge is 0.332 e. The molecule has 0 aromatic heterocycles. The van der Waals surface area contributed by atoms with E-state index >= 15 is 0 Å². The molecule has 1 aromatic rings. The van der Waals surface area contributed by atoms with Gasteiger partial charge in [-0.25, -0.2) is 4.79 Å². The lowest BCUT2D eigenvalue weighted by molar-refractivity contribution is -0.148. The van der Waals surface area contributed by atoms with Gasteiger partial charge in [-0.05, 0) is 25.1 Å². The van der Waals surface area contributed by atoms with E-state index in [2.05, 4.69) is 10.6 Å². The number of anilines is 2. The van der Waals surface area contributed by atoms with Crippen molar-refractivity contribution in [1.29, 1.82) is 0 Å². The van der Waals surface area contributed by atoms with Crippen molar-refractivity contribution < 1.29 is 19.1 Å². The van der Waals surface area contributed by atoms with Crippen LogP contribution in [0.5, 0.6) is 0 Å². The molecule has 0 fully saturated rings. The van der Waals surface area contributed by atoms with Crippen LogP contribution < -0.4 is 10.6 Å². The quantitative estimate of drug-likeness (QED) is 0.559. The molecule has 1 aromatic carbocycles. The molecule has 0 atom stereocenters. The predicted molar refractivity (Wildman–Crippen MR) is 76.7 cm³/mol. The van der Waals surface area contributed by atoms with Crippen LogP contribution in [0.1, 0.15) is 13.8 Å². The average Bonchev–Trinajstić information content (AvgIpc) is 2.38. The van der Waals surface area contributed by atoms with E-state index < -0.39 is 0 Å². The van der Waals surface area contributed by atoms with E-state index in [-0.39, 0.29) is 18.5 Å². The molecule has 0 aliphatic heterocycles. The van der Waals surface area contributed by atoms with Crippen LogP contribution in [-0.4, -0.2) is 38.2 Å². The molecule has 20 heavy (non-hydrogen) atoms. The summed E-state index contributed by atoms with van der Waals surface area (Å²) in [6, 6.07) is 7.36. The van der Waals surface area contributed by atoms with Crippen LogP contribution in [0.2, 0.25) is 0 Å². The SMILES string of the molecule is CCOC(=O)COCCNc1cccc(NC(C)=O)c1. The summed E-state index contributed by atoms with van der Waals surface area (Å²) in [7, 11) is 0. The molecule has 0 unspecified atom stereocenters. The minimum atomic E-state index is -0.361. The first kappa shape index (κ1) is 16.0. The summed E-state index contributed by atoms with van der Waals surface area (Å²) in [5.41, 5.74) is 1.60.